The predicted octanol–water partition coefficient (Wildman–Crippen LogP) is 3.30. The molecule has 1 aromatic heterocycles. The quantitative estimate of drug-likeness (QED) is 0.435. The van der Waals surface area contributed by atoms with E-state index < -0.39 is 0 Å². The Morgan fingerprint density at radius 1 is 1.00 bits per heavy atom. The van der Waals surface area contributed by atoms with Crippen LogP contribution in [0, 0.1) is 0 Å². The van der Waals surface area contributed by atoms with E-state index in [1.807, 2.05) is 54.8 Å². The Balaban J connectivity index is 1.32. The van der Waals surface area contributed by atoms with Gasteiger partial charge in [-0.25, -0.2) is 0 Å². The zero-order chi connectivity index (χ0) is 21.6. The number of thioether (sulfide) groups is 1. The lowest BCUT2D eigenvalue weighted by molar-refractivity contribution is -0.116. The molecule has 0 fully saturated rings. The molecule has 9 heteroatoms. The van der Waals surface area contributed by atoms with Crippen LogP contribution in [-0.2, 0) is 4.79 Å². The molecule has 0 spiro atoms. The van der Waals surface area contributed by atoms with Crippen LogP contribution in [-0.4, -0.2) is 44.8 Å². The number of amides is 2. The van der Waals surface area contributed by atoms with Gasteiger partial charge < -0.3 is 10.6 Å². The van der Waals surface area contributed by atoms with Gasteiger partial charge in [0, 0.05) is 24.2 Å². The number of nitrogens with zero attached hydrogens (tertiary/aromatic N) is 4. The van der Waals surface area contributed by atoms with Crippen LogP contribution in [0.4, 0.5) is 5.69 Å². The summed E-state index contributed by atoms with van der Waals surface area (Å²) in [5.74, 6) is -0.401. The molecule has 0 saturated heterocycles. The SMILES string of the molecule is CSc1nnnn1-c1cccc(NC(=O)CCNC(=O)c2ccc3ccccc3c2)c1. The second-order valence-corrected chi connectivity index (χ2v) is 7.52. The maximum atomic E-state index is 12.4. The van der Waals surface area contributed by atoms with Crippen molar-refractivity contribution in [2.24, 2.45) is 0 Å². The lowest BCUT2D eigenvalue weighted by atomic mass is 10.1. The van der Waals surface area contributed by atoms with Crippen molar-refractivity contribution in [2.75, 3.05) is 18.1 Å². The highest BCUT2D eigenvalue weighted by Gasteiger charge is 2.10. The average molecular weight is 433 g/mol. The number of carbonyl (C=O) groups excluding carboxylic acids is 2. The molecular weight excluding hydrogens is 412 g/mol. The first kappa shape index (κ1) is 20.5. The molecular formula is C22H20N6O2S. The number of rotatable bonds is 7. The highest BCUT2D eigenvalue weighted by Crippen LogP contribution is 2.19. The average Bonchev–Trinajstić information content (AvgIpc) is 3.28. The number of aromatic nitrogens is 4. The Kier molecular flexibility index (Phi) is 6.23. The van der Waals surface area contributed by atoms with Gasteiger partial charge in [0.2, 0.25) is 11.1 Å². The van der Waals surface area contributed by atoms with Gasteiger partial charge in [-0.3, -0.25) is 9.59 Å². The Bertz CT molecular complexity index is 1240. The highest BCUT2D eigenvalue weighted by molar-refractivity contribution is 7.98. The Labute approximate surface area is 183 Å². The summed E-state index contributed by atoms with van der Waals surface area (Å²) in [5.41, 5.74) is 1.94. The van der Waals surface area contributed by atoms with E-state index >= 15 is 0 Å². The van der Waals surface area contributed by atoms with E-state index in [2.05, 4.69) is 26.2 Å². The molecule has 2 amide bonds. The molecule has 0 radical (unpaired) electrons. The number of anilines is 1. The minimum atomic E-state index is -0.205. The molecule has 8 nitrogen and oxygen atoms in total. The van der Waals surface area contributed by atoms with E-state index in [0.717, 1.165) is 16.5 Å². The molecule has 0 aliphatic rings. The van der Waals surface area contributed by atoms with Crippen LogP contribution in [0.2, 0.25) is 0 Å². The molecule has 0 saturated carbocycles. The molecule has 2 N–H and O–H groups in total. The molecule has 0 aliphatic carbocycles. The number of fused-ring (bicyclic) bond motifs is 1. The summed E-state index contributed by atoms with van der Waals surface area (Å²) in [5, 5.41) is 19.9. The molecule has 4 aromatic rings. The van der Waals surface area contributed by atoms with Gasteiger partial charge in [0.05, 0.1) is 5.69 Å². The van der Waals surface area contributed by atoms with Crippen LogP contribution in [0.15, 0.2) is 71.9 Å². The van der Waals surface area contributed by atoms with Gasteiger partial charge in [0.25, 0.3) is 5.91 Å². The topological polar surface area (TPSA) is 102 Å². The molecule has 0 atom stereocenters. The summed E-state index contributed by atoms with van der Waals surface area (Å²) in [6.45, 7) is 0.237. The normalized spacial score (nSPS) is 10.7. The zero-order valence-electron chi connectivity index (χ0n) is 16.8. The van der Waals surface area contributed by atoms with Crippen LogP contribution < -0.4 is 10.6 Å². The number of hydrogen-bond donors (Lipinski definition) is 2. The number of carbonyl (C=O) groups is 2. The van der Waals surface area contributed by atoms with E-state index in [0.29, 0.717) is 16.4 Å². The lowest BCUT2D eigenvalue weighted by Gasteiger charge is -2.09. The highest BCUT2D eigenvalue weighted by atomic mass is 32.2. The van der Waals surface area contributed by atoms with E-state index in [4.69, 9.17) is 0 Å². The summed E-state index contributed by atoms with van der Waals surface area (Å²) in [4.78, 5) is 24.7. The molecule has 4 rings (SSSR count). The first-order valence-corrected chi connectivity index (χ1v) is 10.9. The Morgan fingerprint density at radius 3 is 2.68 bits per heavy atom. The summed E-state index contributed by atoms with van der Waals surface area (Å²) in [6.07, 6.45) is 2.05. The van der Waals surface area contributed by atoms with Crippen molar-refractivity contribution < 1.29 is 9.59 Å². The van der Waals surface area contributed by atoms with Crippen molar-refractivity contribution in [3.63, 3.8) is 0 Å². The fourth-order valence-corrected chi connectivity index (χ4v) is 3.56. The minimum Gasteiger partial charge on any atom is -0.352 e. The van der Waals surface area contributed by atoms with Gasteiger partial charge >= 0.3 is 0 Å². The van der Waals surface area contributed by atoms with Gasteiger partial charge in [-0.2, -0.15) is 4.68 Å². The van der Waals surface area contributed by atoms with Crippen LogP contribution in [0.25, 0.3) is 16.5 Å². The maximum Gasteiger partial charge on any atom is 0.251 e. The lowest BCUT2D eigenvalue weighted by Crippen LogP contribution is -2.27. The number of hydrogen-bond acceptors (Lipinski definition) is 6. The van der Waals surface area contributed by atoms with Crippen molar-refractivity contribution in [2.45, 2.75) is 11.6 Å². The maximum absolute atomic E-state index is 12.4. The van der Waals surface area contributed by atoms with E-state index in [9.17, 15) is 9.59 Å². The van der Waals surface area contributed by atoms with Crippen molar-refractivity contribution in [3.8, 4) is 5.69 Å². The fraction of sp³-hybridized carbons (Fsp3) is 0.136. The summed E-state index contributed by atoms with van der Waals surface area (Å²) >= 11 is 1.43. The van der Waals surface area contributed by atoms with Crippen molar-refractivity contribution in [1.82, 2.24) is 25.5 Å². The van der Waals surface area contributed by atoms with Crippen molar-refractivity contribution in [3.05, 3.63) is 72.3 Å². The number of benzene rings is 3. The van der Waals surface area contributed by atoms with E-state index in [-0.39, 0.29) is 24.8 Å². The van der Waals surface area contributed by atoms with Gasteiger partial charge in [-0.15, -0.1) is 5.10 Å². The van der Waals surface area contributed by atoms with Crippen molar-refractivity contribution in [1.29, 1.82) is 0 Å². The smallest absolute Gasteiger partial charge is 0.251 e. The standard InChI is InChI=1S/C22H20N6O2S/c1-31-22-25-26-27-28(22)19-8-4-7-18(14-19)24-20(29)11-12-23-21(30)17-10-9-15-5-2-3-6-16(15)13-17/h2-10,13-14H,11-12H2,1H3,(H,23,30)(H,24,29). The van der Waals surface area contributed by atoms with Crippen LogP contribution in [0.1, 0.15) is 16.8 Å². The molecule has 0 aliphatic heterocycles. The first-order chi connectivity index (χ1) is 15.1. The number of nitrogens with one attached hydrogen (secondary N) is 2. The molecule has 31 heavy (non-hydrogen) atoms. The molecule has 0 unspecified atom stereocenters. The Hall–Kier alpha value is -3.72. The van der Waals surface area contributed by atoms with Gasteiger partial charge in [0.15, 0.2) is 0 Å². The molecule has 3 aromatic carbocycles. The number of tetrazole rings is 1. The summed E-state index contributed by atoms with van der Waals surface area (Å²) < 4.78 is 1.60. The molecule has 0 bridgehead atoms. The minimum absolute atomic E-state index is 0.157. The largest absolute Gasteiger partial charge is 0.352 e. The third-order valence-electron chi connectivity index (χ3n) is 4.65. The predicted molar refractivity (Wildman–Crippen MR) is 120 cm³/mol. The fourth-order valence-electron chi connectivity index (χ4n) is 3.13. The van der Waals surface area contributed by atoms with Crippen LogP contribution in [0.5, 0.6) is 0 Å². The van der Waals surface area contributed by atoms with Crippen LogP contribution in [0.3, 0.4) is 0 Å². The van der Waals surface area contributed by atoms with Crippen molar-refractivity contribution >= 4 is 40.0 Å². The second-order valence-electron chi connectivity index (χ2n) is 6.74. The molecule has 1 heterocycles. The summed E-state index contributed by atoms with van der Waals surface area (Å²) in [6, 6.07) is 20.7. The second kappa shape index (κ2) is 9.40. The third-order valence-corrected chi connectivity index (χ3v) is 5.27. The first-order valence-electron chi connectivity index (χ1n) is 9.64. The molecule has 156 valence electrons. The Morgan fingerprint density at radius 2 is 1.84 bits per heavy atom. The third kappa shape index (κ3) is 4.89. The van der Waals surface area contributed by atoms with E-state index in [1.54, 1.807) is 22.9 Å². The van der Waals surface area contributed by atoms with Crippen LogP contribution >= 0.6 is 11.8 Å². The van der Waals surface area contributed by atoms with Gasteiger partial charge in [-0.1, -0.05) is 48.2 Å². The summed E-state index contributed by atoms with van der Waals surface area (Å²) in [7, 11) is 0. The monoisotopic (exact) mass is 432 g/mol. The van der Waals surface area contributed by atoms with E-state index in [1.165, 1.54) is 11.8 Å². The van der Waals surface area contributed by atoms with Gasteiger partial charge in [0.1, 0.15) is 0 Å². The van der Waals surface area contributed by atoms with Gasteiger partial charge in [-0.05, 0) is 57.8 Å². The zero-order valence-corrected chi connectivity index (χ0v) is 17.6.